The molecule has 21 heavy (non-hydrogen) atoms. The van der Waals surface area contributed by atoms with Crippen molar-refractivity contribution >= 4 is 5.91 Å². The summed E-state index contributed by atoms with van der Waals surface area (Å²) in [6.45, 7) is 2.61. The SMILES string of the molecule is CC(NC(=O)CCOc1ccccc1)C1CC2CCC1C2. The third kappa shape index (κ3) is 3.58. The van der Waals surface area contributed by atoms with Gasteiger partial charge in [-0.2, -0.15) is 0 Å². The Kier molecular flexibility index (Phi) is 4.47. The lowest BCUT2D eigenvalue weighted by atomic mass is 9.84. The number of carbonyl (C=O) groups excluding carboxylic acids is 1. The normalized spacial score (nSPS) is 28.3. The summed E-state index contributed by atoms with van der Waals surface area (Å²) in [5, 5.41) is 3.17. The molecule has 3 heteroatoms. The lowest BCUT2D eigenvalue weighted by Crippen LogP contribution is -2.40. The van der Waals surface area contributed by atoms with Crippen LogP contribution in [0.15, 0.2) is 30.3 Å². The molecule has 0 heterocycles. The van der Waals surface area contributed by atoms with E-state index in [1.54, 1.807) is 0 Å². The molecule has 0 aromatic heterocycles. The third-order valence-electron chi connectivity index (χ3n) is 5.16. The van der Waals surface area contributed by atoms with Crippen molar-refractivity contribution in [3.05, 3.63) is 30.3 Å². The molecule has 2 fully saturated rings. The van der Waals surface area contributed by atoms with Crippen molar-refractivity contribution in [3.63, 3.8) is 0 Å². The summed E-state index contributed by atoms with van der Waals surface area (Å²) >= 11 is 0. The van der Waals surface area contributed by atoms with Gasteiger partial charge in [0.25, 0.3) is 0 Å². The number of benzene rings is 1. The van der Waals surface area contributed by atoms with Crippen LogP contribution < -0.4 is 10.1 Å². The first-order chi connectivity index (χ1) is 10.2. The quantitative estimate of drug-likeness (QED) is 0.871. The van der Waals surface area contributed by atoms with E-state index in [0.29, 0.717) is 25.0 Å². The molecule has 4 atom stereocenters. The van der Waals surface area contributed by atoms with Gasteiger partial charge in [0, 0.05) is 6.04 Å². The zero-order valence-electron chi connectivity index (χ0n) is 12.8. The molecule has 4 unspecified atom stereocenters. The summed E-state index contributed by atoms with van der Waals surface area (Å²) in [4.78, 5) is 12.0. The second kappa shape index (κ2) is 6.50. The van der Waals surface area contributed by atoms with Crippen molar-refractivity contribution in [2.75, 3.05) is 6.61 Å². The first-order valence-corrected chi connectivity index (χ1v) is 8.19. The number of para-hydroxylation sites is 1. The van der Waals surface area contributed by atoms with Crippen LogP contribution in [0.4, 0.5) is 0 Å². The van der Waals surface area contributed by atoms with Crippen LogP contribution in [0.25, 0.3) is 0 Å². The summed E-state index contributed by atoms with van der Waals surface area (Å²) in [5.41, 5.74) is 0. The minimum Gasteiger partial charge on any atom is -0.493 e. The molecule has 2 aliphatic carbocycles. The van der Waals surface area contributed by atoms with Crippen LogP contribution in [-0.4, -0.2) is 18.6 Å². The molecule has 1 aromatic rings. The molecule has 3 nitrogen and oxygen atoms in total. The van der Waals surface area contributed by atoms with Gasteiger partial charge in [0.15, 0.2) is 0 Å². The van der Waals surface area contributed by atoms with Crippen LogP contribution in [0.5, 0.6) is 5.75 Å². The van der Waals surface area contributed by atoms with Crippen molar-refractivity contribution in [1.29, 1.82) is 0 Å². The molecule has 0 spiro atoms. The van der Waals surface area contributed by atoms with E-state index < -0.39 is 0 Å². The average Bonchev–Trinajstić information content (AvgIpc) is 3.11. The Hall–Kier alpha value is -1.51. The monoisotopic (exact) mass is 287 g/mol. The smallest absolute Gasteiger partial charge is 0.223 e. The Balaban J connectivity index is 1.38. The molecule has 1 amide bonds. The fourth-order valence-corrected chi connectivity index (χ4v) is 4.12. The van der Waals surface area contributed by atoms with Crippen LogP contribution >= 0.6 is 0 Å². The van der Waals surface area contributed by atoms with Gasteiger partial charge in [-0.15, -0.1) is 0 Å². The van der Waals surface area contributed by atoms with Crippen molar-refractivity contribution in [1.82, 2.24) is 5.32 Å². The molecule has 114 valence electrons. The molecule has 0 saturated heterocycles. The van der Waals surface area contributed by atoms with Crippen LogP contribution in [0, 0.1) is 17.8 Å². The molecule has 2 saturated carbocycles. The Morgan fingerprint density at radius 3 is 2.76 bits per heavy atom. The number of amides is 1. The fraction of sp³-hybridized carbons (Fsp3) is 0.611. The van der Waals surface area contributed by atoms with E-state index >= 15 is 0 Å². The first kappa shape index (κ1) is 14.4. The molecule has 3 rings (SSSR count). The number of rotatable bonds is 6. The van der Waals surface area contributed by atoms with Gasteiger partial charge in [0.2, 0.25) is 5.91 Å². The van der Waals surface area contributed by atoms with Crippen molar-refractivity contribution < 1.29 is 9.53 Å². The van der Waals surface area contributed by atoms with Gasteiger partial charge in [-0.25, -0.2) is 0 Å². The molecule has 2 bridgehead atoms. The van der Waals surface area contributed by atoms with Crippen molar-refractivity contribution in [2.45, 2.75) is 45.1 Å². The van der Waals surface area contributed by atoms with Gasteiger partial charge in [0.05, 0.1) is 13.0 Å². The molecular formula is C18H25NO2. The topological polar surface area (TPSA) is 38.3 Å². The largest absolute Gasteiger partial charge is 0.493 e. The Bertz CT molecular complexity index is 473. The van der Waals surface area contributed by atoms with Crippen molar-refractivity contribution in [2.24, 2.45) is 17.8 Å². The zero-order chi connectivity index (χ0) is 14.7. The van der Waals surface area contributed by atoms with Gasteiger partial charge in [-0.3, -0.25) is 4.79 Å². The molecule has 0 aliphatic heterocycles. The van der Waals surface area contributed by atoms with E-state index in [0.717, 1.165) is 17.6 Å². The van der Waals surface area contributed by atoms with Gasteiger partial charge >= 0.3 is 0 Å². The molecule has 0 radical (unpaired) electrons. The van der Waals surface area contributed by atoms with E-state index in [1.165, 1.54) is 25.7 Å². The van der Waals surface area contributed by atoms with E-state index in [1.807, 2.05) is 30.3 Å². The molecule has 1 N–H and O–H groups in total. The van der Waals surface area contributed by atoms with Crippen LogP contribution in [0.2, 0.25) is 0 Å². The third-order valence-corrected chi connectivity index (χ3v) is 5.16. The Labute approximate surface area is 127 Å². The van der Waals surface area contributed by atoms with Crippen LogP contribution in [-0.2, 0) is 4.79 Å². The number of ether oxygens (including phenoxy) is 1. The van der Waals surface area contributed by atoms with Crippen LogP contribution in [0.1, 0.15) is 39.0 Å². The predicted octanol–water partition coefficient (Wildman–Crippen LogP) is 3.40. The second-order valence-corrected chi connectivity index (χ2v) is 6.61. The standard InChI is InChI=1S/C18H25NO2/c1-13(17-12-14-7-8-15(17)11-14)19-18(20)9-10-21-16-5-3-2-4-6-16/h2-6,13-15,17H,7-12H2,1H3,(H,19,20). The van der Waals surface area contributed by atoms with Gasteiger partial charge in [0.1, 0.15) is 5.75 Å². The number of fused-ring (bicyclic) bond motifs is 2. The maximum Gasteiger partial charge on any atom is 0.223 e. The van der Waals surface area contributed by atoms with Gasteiger partial charge in [-0.05, 0) is 56.1 Å². The highest BCUT2D eigenvalue weighted by Gasteiger charge is 2.41. The maximum atomic E-state index is 12.0. The van der Waals surface area contributed by atoms with Gasteiger partial charge in [-0.1, -0.05) is 24.6 Å². The lowest BCUT2D eigenvalue weighted by molar-refractivity contribution is -0.122. The highest BCUT2D eigenvalue weighted by Crippen LogP contribution is 2.49. The Morgan fingerprint density at radius 2 is 2.10 bits per heavy atom. The summed E-state index contributed by atoms with van der Waals surface area (Å²) in [5.74, 6) is 3.42. The Morgan fingerprint density at radius 1 is 1.29 bits per heavy atom. The van der Waals surface area contributed by atoms with E-state index in [4.69, 9.17) is 4.74 Å². The molecule has 1 aromatic carbocycles. The number of nitrogens with one attached hydrogen (secondary N) is 1. The van der Waals surface area contributed by atoms with Crippen molar-refractivity contribution in [3.8, 4) is 5.75 Å². The maximum absolute atomic E-state index is 12.0. The average molecular weight is 287 g/mol. The number of hydrogen-bond acceptors (Lipinski definition) is 2. The lowest BCUT2D eigenvalue weighted by Gasteiger charge is -2.28. The highest BCUT2D eigenvalue weighted by atomic mass is 16.5. The number of carbonyl (C=O) groups is 1. The first-order valence-electron chi connectivity index (χ1n) is 8.19. The van der Waals surface area contributed by atoms with Gasteiger partial charge < -0.3 is 10.1 Å². The second-order valence-electron chi connectivity index (χ2n) is 6.61. The molecular weight excluding hydrogens is 262 g/mol. The summed E-state index contributed by atoms with van der Waals surface area (Å²) in [6.07, 6.45) is 5.91. The summed E-state index contributed by atoms with van der Waals surface area (Å²) < 4.78 is 5.57. The van der Waals surface area contributed by atoms with Crippen LogP contribution in [0.3, 0.4) is 0 Å². The minimum absolute atomic E-state index is 0.112. The van der Waals surface area contributed by atoms with E-state index in [9.17, 15) is 4.79 Å². The summed E-state index contributed by atoms with van der Waals surface area (Å²) in [6, 6.07) is 9.96. The summed E-state index contributed by atoms with van der Waals surface area (Å²) in [7, 11) is 0. The number of hydrogen-bond donors (Lipinski definition) is 1. The van der Waals surface area contributed by atoms with E-state index in [-0.39, 0.29) is 5.91 Å². The van der Waals surface area contributed by atoms with E-state index in [2.05, 4.69) is 12.2 Å². The fourth-order valence-electron chi connectivity index (χ4n) is 4.12. The minimum atomic E-state index is 0.112. The molecule has 2 aliphatic rings. The zero-order valence-corrected chi connectivity index (χ0v) is 12.8. The predicted molar refractivity (Wildman–Crippen MR) is 83.1 cm³/mol. The highest BCUT2D eigenvalue weighted by molar-refractivity contribution is 5.76.